The van der Waals surface area contributed by atoms with Crippen LogP contribution in [0.15, 0.2) is 24.3 Å². The van der Waals surface area contributed by atoms with Crippen LogP contribution in [-0.4, -0.2) is 33.8 Å². The SMILES string of the molecule is COc1cccc(N(C)CCNCC(C)C)c1. The lowest BCUT2D eigenvalue weighted by atomic mass is 10.2. The quantitative estimate of drug-likeness (QED) is 0.736. The lowest BCUT2D eigenvalue weighted by molar-refractivity contribution is 0.415. The fraction of sp³-hybridized carbons (Fsp3) is 0.571. The third kappa shape index (κ3) is 5.09. The van der Waals surface area contributed by atoms with Crippen LogP contribution in [-0.2, 0) is 0 Å². The van der Waals surface area contributed by atoms with Crippen LogP contribution in [0.25, 0.3) is 0 Å². The van der Waals surface area contributed by atoms with Gasteiger partial charge in [-0.3, -0.25) is 0 Å². The van der Waals surface area contributed by atoms with Gasteiger partial charge in [0, 0.05) is 31.9 Å². The van der Waals surface area contributed by atoms with Gasteiger partial charge in [-0.25, -0.2) is 0 Å². The van der Waals surface area contributed by atoms with Gasteiger partial charge in [-0.15, -0.1) is 0 Å². The average Bonchev–Trinajstić information content (AvgIpc) is 2.34. The first-order valence-electron chi connectivity index (χ1n) is 6.19. The Labute approximate surface area is 105 Å². The predicted octanol–water partition coefficient (Wildman–Crippen LogP) is 2.38. The molecule has 96 valence electrons. The van der Waals surface area contributed by atoms with Crippen LogP contribution >= 0.6 is 0 Å². The highest BCUT2D eigenvalue weighted by Gasteiger charge is 2.02. The number of anilines is 1. The molecule has 1 rings (SSSR count). The first-order valence-corrected chi connectivity index (χ1v) is 6.19. The van der Waals surface area contributed by atoms with E-state index >= 15 is 0 Å². The van der Waals surface area contributed by atoms with Crippen LogP contribution in [0.3, 0.4) is 0 Å². The van der Waals surface area contributed by atoms with Gasteiger partial charge in [-0.1, -0.05) is 19.9 Å². The lowest BCUT2D eigenvalue weighted by Gasteiger charge is -2.20. The predicted molar refractivity (Wildman–Crippen MR) is 74.0 cm³/mol. The molecule has 0 atom stereocenters. The second-order valence-corrected chi connectivity index (χ2v) is 4.72. The second-order valence-electron chi connectivity index (χ2n) is 4.72. The standard InChI is InChI=1S/C14H24N2O/c1-12(2)11-15-8-9-16(3)13-6-5-7-14(10-13)17-4/h5-7,10,12,15H,8-9,11H2,1-4H3. The Morgan fingerprint density at radius 1 is 1.35 bits per heavy atom. The minimum atomic E-state index is 0.706. The van der Waals surface area contributed by atoms with Crippen molar-refractivity contribution in [1.29, 1.82) is 0 Å². The van der Waals surface area contributed by atoms with Gasteiger partial charge in [0.25, 0.3) is 0 Å². The zero-order valence-corrected chi connectivity index (χ0v) is 11.4. The van der Waals surface area contributed by atoms with E-state index in [-0.39, 0.29) is 0 Å². The summed E-state index contributed by atoms with van der Waals surface area (Å²) in [6, 6.07) is 8.15. The van der Waals surface area contributed by atoms with Crippen molar-refractivity contribution in [2.75, 3.05) is 38.7 Å². The fourth-order valence-electron chi connectivity index (χ4n) is 1.61. The smallest absolute Gasteiger partial charge is 0.120 e. The van der Waals surface area contributed by atoms with Crippen molar-refractivity contribution >= 4 is 5.69 Å². The van der Waals surface area contributed by atoms with Gasteiger partial charge in [0.2, 0.25) is 0 Å². The minimum Gasteiger partial charge on any atom is -0.497 e. The molecule has 0 fully saturated rings. The van der Waals surface area contributed by atoms with Crippen LogP contribution < -0.4 is 15.0 Å². The molecule has 0 aliphatic heterocycles. The highest BCUT2D eigenvalue weighted by atomic mass is 16.5. The summed E-state index contributed by atoms with van der Waals surface area (Å²) in [7, 11) is 3.80. The first-order chi connectivity index (χ1) is 8.13. The molecule has 0 heterocycles. The zero-order valence-electron chi connectivity index (χ0n) is 11.4. The van der Waals surface area contributed by atoms with Gasteiger partial charge in [0.1, 0.15) is 5.75 Å². The van der Waals surface area contributed by atoms with Crippen molar-refractivity contribution in [2.45, 2.75) is 13.8 Å². The maximum Gasteiger partial charge on any atom is 0.120 e. The van der Waals surface area contributed by atoms with E-state index in [0.29, 0.717) is 5.92 Å². The van der Waals surface area contributed by atoms with Gasteiger partial charge in [-0.2, -0.15) is 0 Å². The van der Waals surface area contributed by atoms with E-state index in [4.69, 9.17) is 4.74 Å². The summed E-state index contributed by atoms with van der Waals surface area (Å²) in [5.41, 5.74) is 1.19. The molecule has 0 radical (unpaired) electrons. The Kier molecular flexibility index (Phi) is 5.84. The maximum atomic E-state index is 5.22. The molecule has 0 bridgehead atoms. The molecule has 3 nitrogen and oxygen atoms in total. The number of likely N-dealkylation sites (N-methyl/N-ethyl adjacent to an activating group) is 1. The van der Waals surface area contributed by atoms with Crippen molar-refractivity contribution in [2.24, 2.45) is 5.92 Å². The van der Waals surface area contributed by atoms with E-state index in [9.17, 15) is 0 Å². The molecule has 1 N–H and O–H groups in total. The number of nitrogens with zero attached hydrogens (tertiary/aromatic N) is 1. The van der Waals surface area contributed by atoms with E-state index in [1.807, 2.05) is 12.1 Å². The summed E-state index contributed by atoms with van der Waals surface area (Å²) < 4.78 is 5.22. The molecule has 0 amide bonds. The van der Waals surface area contributed by atoms with Crippen molar-refractivity contribution in [3.8, 4) is 5.75 Å². The molecule has 1 aromatic rings. The van der Waals surface area contributed by atoms with Gasteiger partial charge in [0.05, 0.1) is 7.11 Å². The van der Waals surface area contributed by atoms with E-state index in [1.54, 1.807) is 7.11 Å². The van der Waals surface area contributed by atoms with Crippen LogP contribution in [0.4, 0.5) is 5.69 Å². The summed E-state index contributed by atoms with van der Waals surface area (Å²) in [4.78, 5) is 2.23. The molecular formula is C14H24N2O. The van der Waals surface area contributed by atoms with E-state index in [1.165, 1.54) is 5.69 Å². The Morgan fingerprint density at radius 2 is 2.12 bits per heavy atom. The molecule has 0 saturated heterocycles. The van der Waals surface area contributed by atoms with Crippen LogP contribution in [0.5, 0.6) is 5.75 Å². The molecule has 1 aromatic carbocycles. The van der Waals surface area contributed by atoms with Crippen LogP contribution in [0.1, 0.15) is 13.8 Å². The number of hydrogen-bond acceptors (Lipinski definition) is 3. The molecule has 0 aromatic heterocycles. The molecular weight excluding hydrogens is 212 g/mol. The largest absolute Gasteiger partial charge is 0.497 e. The van der Waals surface area contributed by atoms with Crippen molar-refractivity contribution in [3.63, 3.8) is 0 Å². The molecule has 0 aliphatic rings. The highest BCUT2D eigenvalue weighted by Crippen LogP contribution is 2.19. The third-order valence-electron chi connectivity index (χ3n) is 2.67. The Morgan fingerprint density at radius 3 is 2.76 bits per heavy atom. The van der Waals surface area contributed by atoms with Crippen molar-refractivity contribution in [1.82, 2.24) is 5.32 Å². The molecule has 0 saturated carbocycles. The lowest BCUT2D eigenvalue weighted by Crippen LogP contribution is -2.31. The molecule has 3 heteroatoms. The van der Waals surface area contributed by atoms with E-state index in [2.05, 4.69) is 43.2 Å². The Bertz CT molecular complexity index is 326. The van der Waals surface area contributed by atoms with Crippen molar-refractivity contribution in [3.05, 3.63) is 24.3 Å². The fourth-order valence-corrected chi connectivity index (χ4v) is 1.61. The summed E-state index contributed by atoms with van der Waals surface area (Å²) in [5.74, 6) is 1.61. The maximum absolute atomic E-state index is 5.22. The van der Waals surface area contributed by atoms with Crippen LogP contribution in [0, 0.1) is 5.92 Å². The van der Waals surface area contributed by atoms with E-state index < -0.39 is 0 Å². The monoisotopic (exact) mass is 236 g/mol. The number of rotatable bonds is 7. The van der Waals surface area contributed by atoms with Crippen LogP contribution in [0.2, 0.25) is 0 Å². The third-order valence-corrected chi connectivity index (χ3v) is 2.67. The summed E-state index contributed by atoms with van der Waals surface area (Å²) in [6.45, 7) is 7.52. The van der Waals surface area contributed by atoms with Gasteiger partial charge in [0.15, 0.2) is 0 Å². The number of hydrogen-bond donors (Lipinski definition) is 1. The zero-order chi connectivity index (χ0) is 12.7. The summed E-state index contributed by atoms with van der Waals surface area (Å²) in [6.07, 6.45) is 0. The molecule has 0 spiro atoms. The summed E-state index contributed by atoms with van der Waals surface area (Å²) >= 11 is 0. The second kappa shape index (κ2) is 7.17. The average molecular weight is 236 g/mol. The Balaban J connectivity index is 2.38. The number of ether oxygens (including phenoxy) is 1. The Hall–Kier alpha value is -1.22. The normalized spacial score (nSPS) is 10.6. The van der Waals surface area contributed by atoms with E-state index in [0.717, 1.165) is 25.4 Å². The minimum absolute atomic E-state index is 0.706. The van der Waals surface area contributed by atoms with Crippen molar-refractivity contribution < 1.29 is 4.74 Å². The number of benzene rings is 1. The molecule has 17 heavy (non-hydrogen) atoms. The van der Waals surface area contributed by atoms with Gasteiger partial charge < -0.3 is 15.0 Å². The van der Waals surface area contributed by atoms with Gasteiger partial charge in [-0.05, 0) is 24.6 Å². The first kappa shape index (κ1) is 13.8. The number of nitrogens with one attached hydrogen (secondary N) is 1. The molecule has 0 aliphatic carbocycles. The molecule has 0 unspecified atom stereocenters. The number of methoxy groups -OCH3 is 1. The van der Waals surface area contributed by atoms with Gasteiger partial charge >= 0.3 is 0 Å². The summed E-state index contributed by atoms with van der Waals surface area (Å²) in [5, 5.41) is 3.44. The topological polar surface area (TPSA) is 24.5 Å². The highest BCUT2D eigenvalue weighted by molar-refractivity contribution is 5.50.